The number of halogens is 4. The van der Waals surface area contributed by atoms with Gasteiger partial charge in [-0.25, -0.2) is 0 Å². The predicted molar refractivity (Wildman–Crippen MR) is 197 cm³/mol. The van der Waals surface area contributed by atoms with Crippen LogP contribution >= 0.6 is 50.1 Å². The number of hydrogen-bond acceptors (Lipinski definition) is 3. The van der Waals surface area contributed by atoms with Gasteiger partial charge in [0.05, 0.1) is 13.2 Å². The van der Waals surface area contributed by atoms with E-state index in [1.807, 2.05) is 17.7 Å². The smallest absolute Gasteiger partial charge is 0.0785 e. The maximum Gasteiger partial charge on any atom is 0.0785 e. The van der Waals surface area contributed by atoms with E-state index in [2.05, 4.69) is 87.3 Å². The van der Waals surface area contributed by atoms with E-state index in [1.54, 1.807) is 27.4 Å². The van der Waals surface area contributed by atoms with Crippen LogP contribution in [0, 0.1) is 35.0 Å². The minimum absolute atomic E-state index is 0.500. The SMILES string of the molecule is CBr.CC#N.CC1CC1.CC1CCC1.CC1CCCC1.CC1CCCCC1.CCOC.CCl.CF.CI.COC. The number of alkyl halides is 4. The topological polar surface area (TPSA) is 42.2 Å². The van der Waals surface area contributed by atoms with Crippen LogP contribution in [0.4, 0.5) is 4.39 Å². The predicted octanol–water partition coefficient (Wildman–Crippen LogP) is 13.0. The van der Waals surface area contributed by atoms with Gasteiger partial charge in [-0.1, -0.05) is 156 Å². The highest BCUT2D eigenvalue weighted by Crippen LogP contribution is 2.27. The molecule has 0 saturated heterocycles. The average molecular weight is 777 g/mol. The van der Waals surface area contributed by atoms with Crippen LogP contribution in [0.25, 0.3) is 0 Å². The molecule has 0 atom stereocenters. The molecule has 4 aliphatic carbocycles. The van der Waals surface area contributed by atoms with Crippen LogP contribution < -0.4 is 0 Å². The Kier molecular flexibility index (Phi) is 89.4. The quantitative estimate of drug-likeness (QED) is 0.197. The fraction of sp³-hybridized carbons (Fsp3) is 0.970. The van der Waals surface area contributed by atoms with Crippen LogP contribution in [0.5, 0.6) is 0 Å². The average Bonchev–Trinajstić information content (AvgIpc) is 3.63. The van der Waals surface area contributed by atoms with E-state index in [0.717, 1.165) is 30.3 Å². The van der Waals surface area contributed by atoms with Gasteiger partial charge in [-0.15, -0.1) is 11.6 Å². The molecule has 4 saturated carbocycles. The number of nitrogens with zero attached hydrogens (tertiary/aromatic N) is 1. The van der Waals surface area contributed by atoms with Crippen LogP contribution in [0.1, 0.15) is 131 Å². The normalized spacial score (nSPS) is 16.1. The first kappa shape index (κ1) is 56.6. The lowest BCUT2D eigenvalue weighted by atomic mass is 9.88. The van der Waals surface area contributed by atoms with Crippen molar-refractivity contribution in [1.82, 2.24) is 0 Å². The molecule has 0 aromatic heterocycles. The molecule has 0 amide bonds. The van der Waals surface area contributed by atoms with Gasteiger partial charge >= 0.3 is 0 Å². The first-order valence-electron chi connectivity index (χ1n) is 15.0. The molecule has 0 radical (unpaired) electrons. The molecule has 0 aromatic carbocycles. The van der Waals surface area contributed by atoms with Gasteiger partial charge in [0, 0.05) is 41.2 Å². The Labute approximate surface area is 281 Å². The first-order chi connectivity index (χ1) is 19.3. The highest BCUT2D eigenvalue weighted by Gasteiger charge is 2.12. The van der Waals surface area contributed by atoms with Gasteiger partial charge in [-0.3, -0.25) is 4.39 Å². The Morgan fingerprint density at radius 2 is 0.850 bits per heavy atom. The van der Waals surface area contributed by atoms with Gasteiger partial charge in [0.2, 0.25) is 0 Å². The molecule has 0 N–H and O–H groups in total. The Bertz CT molecular complexity index is 372. The molecule has 40 heavy (non-hydrogen) atoms. The molecule has 250 valence electrons. The summed E-state index contributed by atoms with van der Waals surface area (Å²) in [4.78, 5) is 1.97. The first-order valence-corrected chi connectivity index (χ1v) is 19.5. The van der Waals surface area contributed by atoms with Gasteiger partial charge in [-0.05, 0) is 41.4 Å². The van der Waals surface area contributed by atoms with E-state index in [-0.39, 0.29) is 0 Å². The molecular formula is C33H73BrClFINO2. The number of rotatable bonds is 1. The van der Waals surface area contributed by atoms with Crippen LogP contribution in [0.15, 0.2) is 0 Å². The third-order valence-corrected chi connectivity index (χ3v) is 6.09. The van der Waals surface area contributed by atoms with Crippen LogP contribution in [-0.4, -0.2) is 52.3 Å². The van der Waals surface area contributed by atoms with Crippen molar-refractivity contribution in [2.75, 3.05) is 52.3 Å². The second-order valence-electron chi connectivity index (χ2n) is 10.1. The fourth-order valence-corrected chi connectivity index (χ4v) is 3.22. The number of ether oxygens (including phenoxy) is 2. The minimum atomic E-state index is 0.500. The van der Waals surface area contributed by atoms with Gasteiger partial charge in [-0.2, -0.15) is 5.26 Å². The van der Waals surface area contributed by atoms with Crippen molar-refractivity contribution >= 4 is 50.1 Å². The Morgan fingerprint density at radius 1 is 0.675 bits per heavy atom. The van der Waals surface area contributed by atoms with E-state index >= 15 is 0 Å². The minimum Gasteiger partial charge on any atom is -0.388 e. The van der Waals surface area contributed by atoms with E-state index in [9.17, 15) is 4.39 Å². The largest absolute Gasteiger partial charge is 0.388 e. The maximum absolute atomic E-state index is 9.50. The summed E-state index contributed by atoms with van der Waals surface area (Å²) in [6.07, 6.45) is 22.3. The molecule has 4 rings (SSSR count). The highest BCUT2D eigenvalue weighted by molar-refractivity contribution is 14.1. The van der Waals surface area contributed by atoms with Crippen molar-refractivity contribution in [3.63, 3.8) is 0 Å². The van der Waals surface area contributed by atoms with Crippen LogP contribution in [0.3, 0.4) is 0 Å². The third kappa shape index (κ3) is 83.3. The molecule has 0 aromatic rings. The summed E-state index contributed by atoms with van der Waals surface area (Å²) in [6.45, 7) is 13.5. The van der Waals surface area contributed by atoms with Crippen molar-refractivity contribution in [3.05, 3.63) is 0 Å². The van der Waals surface area contributed by atoms with Crippen LogP contribution in [-0.2, 0) is 9.47 Å². The molecule has 0 aliphatic heterocycles. The lowest BCUT2D eigenvalue weighted by Crippen LogP contribution is -2.04. The van der Waals surface area contributed by atoms with Crippen molar-refractivity contribution in [2.24, 2.45) is 23.7 Å². The molecule has 0 spiro atoms. The third-order valence-electron chi connectivity index (χ3n) is 6.09. The second-order valence-corrected chi connectivity index (χ2v) is 10.1. The van der Waals surface area contributed by atoms with E-state index in [0.29, 0.717) is 7.18 Å². The summed E-state index contributed by atoms with van der Waals surface area (Å²) in [7, 11) is 5.43. The summed E-state index contributed by atoms with van der Waals surface area (Å²) in [6, 6.07) is 1.75. The Balaban J connectivity index is -0.0000000620. The molecule has 0 heterocycles. The highest BCUT2D eigenvalue weighted by atomic mass is 127. The molecular weight excluding hydrogens is 704 g/mol. The van der Waals surface area contributed by atoms with E-state index < -0.39 is 0 Å². The van der Waals surface area contributed by atoms with Gasteiger partial charge in [0.1, 0.15) is 0 Å². The zero-order valence-corrected chi connectivity index (χ0v) is 33.7. The molecule has 7 heteroatoms. The van der Waals surface area contributed by atoms with Gasteiger partial charge < -0.3 is 9.47 Å². The summed E-state index contributed by atoms with van der Waals surface area (Å²) in [5.74, 6) is 6.04. The summed E-state index contributed by atoms with van der Waals surface area (Å²) >= 11 is 9.73. The standard InChI is InChI=1S/C7H14.C6H12.C5H10.C4H8.C3H8O.C2H3N.C2H6O.CH3Br.CH3Cl.CH3F.CH3I/c1-7-5-3-2-4-6-7;1-6-4-2-3-5-6;1-5-3-2-4-5;1-4-2-3-4;1-3-4-2;1-2-3;1-3-2;4*1-2/h7H,2-6H2,1H3;6H,2-5H2,1H3;5H,2-4H2,1H3;4H,2-3H2,1H3;3H2,1-2H3;1H3;1-2H3;4*1H3. The number of methoxy groups -OCH3 is 2. The molecule has 0 bridgehead atoms. The zero-order valence-electron chi connectivity index (χ0n) is 29.2. The lowest BCUT2D eigenvalue weighted by Gasteiger charge is -2.18. The van der Waals surface area contributed by atoms with Gasteiger partial charge in [0.15, 0.2) is 0 Å². The Morgan fingerprint density at radius 3 is 0.900 bits per heavy atom. The van der Waals surface area contributed by atoms with Crippen molar-refractivity contribution < 1.29 is 13.9 Å². The van der Waals surface area contributed by atoms with E-state index in [4.69, 9.17) is 5.26 Å². The summed E-state index contributed by atoms with van der Waals surface area (Å²) < 4.78 is 18.3. The van der Waals surface area contributed by atoms with Crippen molar-refractivity contribution in [3.8, 4) is 6.07 Å². The molecule has 3 nitrogen and oxygen atoms in total. The van der Waals surface area contributed by atoms with Gasteiger partial charge in [0.25, 0.3) is 0 Å². The maximum atomic E-state index is 9.50. The lowest BCUT2D eigenvalue weighted by molar-refractivity contribution is 0.215. The fourth-order valence-electron chi connectivity index (χ4n) is 3.22. The summed E-state index contributed by atoms with van der Waals surface area (Å²) in [5, 5.41) is 7.32. The molecule has 4 fully saturated rings. The van der Waals surface area contributed by atoms with E-state index in [1.165, 1.54) is 103 Å². The van der Waals surface area contributed by atoms with Crippen molar-refractivity contribution in [2.45, 2.75) is 131 Å². The molecule has 0 unspecified atom stereocenters. The Hall–Kier alpha value is 0.840. The monoisotopic (exact) mass is 775 g/mol. The summed E-state index contributed by atoms with van der Waals surface area (Å²) in [5.41, 5.74) is 0. The molecule has 4 aliphatic rings. The number of nitriles is 1. The van der Waals surface area contributed by atoms with Crippen molar-refractivity contribution in [1.29, 1.82) is 5.26 Å². The zero-order chi connectivity index (χ0) is 33.0. The van der Waals surface area contributed by atoms with Crippen LogP contribution in [0.2, 0.25) is 0 Å². The second kappa shape index (κ2) is 63.2. The number of hydrogen-bond donors (Lipinski definition) is 0.